The van der Waals surface area contributed by atoms with Crippen molar-refractivity contribution >= 4 is 16.1 Å². The molecule has 7 heteroatoms. The summed E-state index contributed by atoms with van der Waals surface area (Å²) in [6.07, 6.45) is 0.384. The molecule has 118 valence electrons. The number of ether oxygens (including phenoxy) is 1. The molecule has 0 aromatic heterocycles. The minimum Gasteiger partial charge on any atom is -0.456 e. The van der Waals surface area contributed by atoms with E-state index >= 15 is 0 Å². The summed E-state index contributed by atoms with van der Waals surface area (Å²) in [5, 5.41) is 0. The molecule has 0 aromatic rings. The molecule has 0 unspecified atom stereocenters. The molecule has 0 fully saturated rings. The number of hydrogen-bond acceptors (Lipinski definition) is 4. The third-order valence-corrected chi connectivity index (χ3v) is 4.33. The molecule has 0 saturated carbocycles. The van der Waals surface area contributed by atoms with Gasteiger partial charge in [0.05, 0.1) is 25.4 Å². The third-order valence-electron chi connectivity index (χ3n) is 3.52. The quantitative estimate of drug-likeness (QED) is 0.284. The zero-order chi connectivity index (χ0) is 15.8. The van der Waals surface area contributed by atoms with Crippen LogP contribution in [0.1, 0.15) is 27.2 Å². The van der Waals surface area contributed by atoms with Crippen LogP contribution in [0.4, 0.5) is 0 Å². The van der Waals surface area contributed by atoms with E-state index < -0.39 is 16.1 Å². The number of nitrogens with zero attached hydrogens (tertiary/aromatic N) is 1. The molecule has 6 nitrogen and oxygen atoms in total. The van der Waals surface area contributed by atoms with Gasteiger partial charge >= 0.3 is 5.97 Å². The maximum absolute atomic E-state index is 11.3. The Labute approximate surface area is 121 Å². The van der Waals surface area contributed by atoms with Crippen molar-refractivity contribution in [2.75, 3.05) is 38.5 Å². The largest absolute Gasteiger partial charge is 0.456 e. The molecule has 0 radical (unpaired) electrons. The topological polar surface area (TPSA) is 80.7 Å². The summed E-state index contributed by atoms with van der Waals surface area (Å²) < 4.78 is 36.0. The van der Waals surface area contributed by atoms with Crippen LogP contribution in [0.3, 0.4) is 0 Å². The second-order valence-electron chi connectivity index (χ2n) is 4.98. The molecule has 0 bridgehead atoms. The lowest BCUT2D eigenvalue weighted by atomic mass is 10.3. The number of likely N-dealkylation sites (N-methyl/N-ethyl adjacent to an activating group) is 1. The number of quaternary nitrogens is 1. The predicted molar refractivity (Wildman–Crippen MR) is 77.9 cm³/mol. The number of esters is 1. The highest BCUT2D eigenvalue weighted by Crippen LogP contribution is 2.09. The van der Waals surface area contributed by atoms with Gasteiger partial charge in [0.1, 0.15) is 13.2 Å². The van der Waals surface area contributed by atoms with Crippen LogP contribution in [0.25, 0.3) is 0 Å². The van der Waals surface area contributed by atoms with Crippen molar-refractivity contribution in [2.24, 2.45) is 0 Å². The fourth-order valence-corrected chi connectivity index (χ4v) is 2.50. The highest BCUT2D eigenvalue weighted by atomic mass is 32.2. The minimum absolute atomic E-state index is 0.238. The van der Waals surface area contributed by atoms with Crippen molar-refractivity contribution in [1.82, 2.24) is 0 Å². The Morgan fingerprint density at radius 2 is 1.80 bits per heavy atom. The first-order chi connectivity index (χ1) is 9.16. The monoisotopic (exact) mass is 308 g/mol. The van der Waals surface area contributed by atoms with Gasteiger partial charge in [0.2, 0.25) is 0 Å². The smallest absolute Gasteiger partial charge is 0.333 e. The van der Waals surface area contributed by atoms with E-state index in [1.807, 2.05) is 13.8 Å². The van der Waals surface area contributed by atoms with Crippen LogP contribution in [0.2, 0.25) is 0 Å². The van der Waals surface area contributed by atoms with Crippen LogP contribution in [0.15, 0.2) is 12.2 Å². The molecule has 20 heavy (non-hydrogen) atoms. The lowest BCUT2D eigenvalue weighted by molar-refractivity contribution is -0.925. The Hall–Kier alpha value is -0.920. The zero-order valence-corrected chi connectivity index (χ0v) is 13.4. The van der Waals surface area contributed by atoms with E-state index in [0.717, 1.165) is 13.1 Å². The van der Waals surface area contributed by atoms with Gasteiger partial charge in [-0.05, 0) is 20.8 Å². The van der Waals surface area contributed by atoms with Gasteiger partial charge in [-0.3, -0.25) is 4.55 Å². The summed E-state index contributed by atoms with van der Waals surface area (Å²) in [6, 6.07) is 0. The van der Waals surface area contributed by atoms with E-state index in [9.17, 15) is 13.2 Å². The average molecular weight is 308 g/mol. The van der Waals surface area contributed by atoms with Gasteiger partial charge in [0.25, 0.3) is 10.1 Å². The van der Waals surface area contributed by atoms with Gasteiger partial charge in [-0.25, -0.2) is 4.79 Å². The SMILES string of the molecule is C=C(C)C(=O)OCC[N+](CC)(CC)CCCS(=O)(=O)O. The van der Waals surface area contributed by atoms with E-state index in [-0.39, 0.29) is 12.4 Å². The predicted octanol–water partition coefficient (Wildman–Crippen LogP) is 1.24. The van der Waals surface area contributed by atoms with E-state index in [1.165, 1.54) is 0 Å². The molecule has 0 spiro atoms. The lowest BCUT2D eigenvalue weighted by Crippen LogP contribution is -2.51. The Morgan fingerprint density at radius 1 is 1.25 bits per heavy atom. The maximum atomic E-state index is 11.3. The summed E-state index contributed by atoms with van der Waals surface area (Å²) >= 11 is 0. The third kappa shape index (κ3) is 7.62. The van der Waals surface area contributed by atoms with Crippen LogP contribution >= 0.6 is 0 Å². The molecular formula is C13H26NO5S+. The van der Waals surface area contributed by atoms with Crippen LogP contribution in [0.5, 0.6) is 0 Å². The van der Waals surface area contributed by atoms with Gasteiger partial charge in [-0.2, -0.15) is 8.42 Å². The second-order valence-corrected chi connectivity index (χ2v) is 6.55. The number of carbonyl (C=O) groups excluding carboxylic acids is 1. The highest BCUT2D eigenvalue weighted by molar-refractivity contribution is 7.85. The maximum Gasteiger partial charge on any atom is 0.333 e. The first kappa shape index (κ1) is 19.1. The van der Waals surface area contributed by atoms with Gasteiger partial charge in [-0.15, -0.1) is 0 Å². The first-order valence-corrected chi connectivity index (χ1v) is 8.39. The first-order valence-electron chi connectivity index (χ1n) is 6.78. The lowest BCUT2D eigenvalue weighted by Gasteiger charge is -2.36. The molecule has 0 heterocycles. The Bertz CT molecular complexity index is 426. The molecular weight excluding hydrogens is 282 g/mol. The Balaban J connectivity index is 4.38. The molecule has 0 aliphatic carbocycles. The number of rotatable bonds is 10. The Kier molecular flexibility index (Phi) is 8.00. The molecule has 0 rings (SSSR count). The van der Waals surface area contributed by atoms with Gasteiger partial charge in [0.15, 0.2) is 0 Å². The summed E-state index contributed by atoms with van der Waals surface area (Å²) in [5.74, 6) is -0.647. The second kappa shape index (κ2) is 8.39. The fraction of sp³-hybridized carbons (Fsp3) is 0.769. The van der Waals surface area contributed by atoms with Crippen molar-refractivity contribution in [3.63, 3.8) is 0 Å². The van der Waals surface area contributed by atoms with Crippen LogP contribution in [-0.4, -0.2) is 62.0 Å². The normalized spacial score (nSPS) is 12.2. The van der Waals surface area contributed by atoms with Crippen molar-refractivity contribution in [2.45, 2.75) is 27.2 Å². The van der Waals surface area contributed by atoms with E-state index in [0.29, 0.717) is 29.6 Å². The molecule has 0 aliphatic heterocycles. The van der Waals surface area contributed by atoms with E-state index in [1.54, 1.807) is 6.92 Å². The zero-order valence-electron chi connectivity index (χ0n) is 12.6. The van der Waals surface area contributed by atoms with E-state index in [4.69, 9.17) is 9.29 Å². The molecule has 0 amide bonds. The van der Waals surface area contributed by atoms with Gasteiger partial charge in [-0.1, -0.05) is 6.58 Å². The van der Waals surface area contributed by atoms with Crippen molar-refractivity contribution in [3.8, 4) is 0 Å². The van der Waals surface area contributed by atoms with Crippen molar-refractivity contribution < 1.29 is 27.0 Å². The summed E-state index contributed by atoms with van der Waals surface area (Å²) in [4.78, 5) is 11.3. The van der Waals surface area contributed by atoms with Crippen LogP contribution in [0, 0.1) is 0 Å². The molecule has 0 saturated heterocycles. The number of carbonyl (C=O) groups is 1. The van der Waals surface area contributed by atoms with Gasteiger partial charge < -0.3 is 9.22 Å². The van der Waals surface area contributed by atoms with Crippen LogP contribution in [-0.2, 0) is 19.6 Å². The Morgan fingerprint density at radius 3 is 2.20 bits per heavy atom. The molecule has 0 atom stereocenters. The molecule has 0 aromatic carbocycles. The number of hydrogen-bond donors (Lipinski definition) is 1. The molecule has 1 N–H and O–H groups in total. The fourth-order valence-electron chi connectivity index (χ4n) is 2.01. The summed E-state index contributed by atoms with van der Waals surface area (Å²) in [6.45, 7) is 12.3. The average Bonchev–Trinajstić information content (AvgIpc) is 2.35. The van der Waals surface area contributed by atoms with Crippen molar-refractivity contribution in [1.29, 1.82) is 0 Å². The minimum atomic E-state index is -3.92. The highest BCUT2D eigenvalue weighted by Gasteiger charge is 2.24. The van der Waals surface area contributed by atoms with Crippen LogP contribution < -0.4 is 0 Å². The van der Waals surface area contributed by atoms with E-state index in [2.05, 4.69) is 6.58 Å². The molecule has 0 aliphatic rings. The summed E-state index contributed by atoms with van der Waals surface area (Å²) in [5.41, 5.74) is 0.363. The summed E-state index contributed by atoms with van der Waals surface area (Å²) in [7, 11) is -3.92. The van der Waals surface area contributed by atoms with Gasteiger partial charge in [0, 0.05) is 12.0 Å². The van der Waals surface area contributed by atoms with Crippen molar-refractivity contribution in [3.05, 3.63) is 12.2 Å². The standard InChI is InChI=1S/C13H25NO5S/c1-5-14(6-2,8-7-11-20(16,17)18)9-10-19-13(15)12(3)4/h3,5-11H2,1-2,4H3/p+1.